The highest BCUT2D eigenvalue weighted by Gasteiger charge is 2.64. The first-order chi connectivity index (χ1) is 29.3. The second kappa shape index (κ2) is 19.8. The van der Waals surface area contributed by atoms with Crippen LogP contribution in [0.15, 0.2) is 42.5 Å². The Morgan fingerprint density at radius 3 is 2.24 bits per heavy atom. The lowest BCUT2D eigenvalue weighted by Crippen LogP contribution is -2.63. The number of aliphatic hydroxyl groups excluding tert-OH is 1. The van der Waals surface area contributed by atoms with Crippen molar-refractivity contribution in [1.82, 2.24) is 0 Å². The molecule has 12 heteroatoms. The van der Waals surface area contributed by atoms with Crippen LogP contribution in [0.5, 0.6) is 0 Å². The second-order valence-corrected chi connectivity index (χ2v) is 19.7. The van der Waals surface area contributed by atoms with Gasteiger partial charge in [0.15, 0.2) is 11.9 Å². The maximum absolute atomic E-state index is 14.7. The predicted molar refractivity (Wildman–Crippen MR) is 232 cm³/mol. The summed E-state index contributed by atoms with van der Waals surface area (Å²) in [6.45, 7) is 19.3. The summed E-state index contributed by atoms with van der Waals surface area (Å²) in [5.74, 6) is -5.69. The Bertz CT molecular complexity index is 1720. The van der Waals surface area contributed by atoms with Crippen LogP contribution in [0.3, 0.4) is 0 Å². The molecule has 5 aliphatic rings. The molecule has 0 radical (unpaired) electrons. The number of hydrogen-bond donors (Lipinski definition) is 2. The molecular weight excluding hydrogens is 793 g/mol. The number of ether oxygens (including phenoxy) is 7. The van der Waals surface area contributed by atoms with Crippen LogP contribution in [0.4, 0.5) is 0 Å². The zero-order valence-electron chi connectivity index (χ0n) is 39.0. The van der Waals surface area contributed by atoms with Crippen LogP contribution in [0, 0.1) is 35.5 Å². The Labute approximate surface area is 370 Å². The van der Waals surface area contributed by atoms with Crippen LogP contribution in [-0.2, 0) is 54.1 Å². The Hall–Kier alpha value is -2.71. The minimum atomic E-state index is -1.38. The molecule has 4 fully saturated rings. The first-order valence-electron chi connectivity index (χ1n) is 23.7. The van der Waals surface area contributed by atoms with E-state index < -0.39 is 64.8 Å². The third-order valence-corrected chi connectivity index (χ3v) is 15.5. The van der Waals surface area contributed by atoms with Crippen LogP contribution >= 0.6 is 0 Å². The number of carbonyl (C=O) groups is 3. The van der Waals surface area contributed by atoms with E-state index in [0.717, 1.165) is 24.8 Å². The van der Waals surface area contributed by atoms with Crippen molar-refractivity contribution in [2.75, 3.05) is 0 Å². The molecule has 2 spiro atoms. The summed E-state index contributed by atoms with van der Waals surface area (Å²) in [5.41, 5.74) is -0.776. The molecular formula is C50H76O12. The van der Waals surface area contributed by atoms with E-state index in [9.17, 15) is 24.6 Å². The number of hydrogen-bond acceptors (Lipinski definition) is 12. The summed E-state index contributed by atoms with van der Waals surface area (Å²) in [7, 11) is 0. The summed E-state index contributed by atoms with van der Waals surface area (Å²) in [6, 6.07) is 9.62. The topological polar surface area (TPSA) is 156 Å². The number of benzene rings is 1. The second-order valence-electron chi connectivity index (χ2n) is 19.7. The van der Waals surface area contributed by atoms with Gasteiger partial charge in [0.1, 0.15) is 12.4 Å². The monoisotopic (exact) mass is 869 g/mol. The van der Waals surface area contributed by atoms with E-state index in [4.69, 9.17) is 33.2 Å². The zero-order chi connectivity index (χ0) is 45.2. The fourth-order valence-corrected chi connectivity index (χ4v) is 11.3. The molecule has 5 heterocycles. The van der Waals surface area contributed by atoms with Crippen LogP contribution < -0.4 is 0 Å². The summed E-state index contributed by atoms with van der Waals surface area (Å²) in [6.07, 6.45) is 6.71. The molecule has 2 N–H and O–H groups in total. The molecule has 0 amide bonds. The van der Waals surface area contributed by atoms with Crippen LogP contribution in [0.2, 0.25) is 0 Å². The van der Waals surface area contributed by atoms with Crippen molar-refractivity contribution in [1.29, 1.82) is 0 Å². The van der Waals surface area contributed by atoms with Gasteiger partial charge >= 0.3 is 11.9 Å². The normalized spacial score (nSPS) is 39.7. The number of aliphatic hydroxyl groups is 2. The van der Waals surface area contributed by atoms with Gasteiger partial charge in [-0.1, -0.05) is 78.8 Å². The molecule has 62 heavy (non-hydrogen) atoms. The minimum Gasteiger partial charge on any atom is -0.461 e. The fraction of sp³-hybridized carbons (Fsp3) is 0.780. The van der Waals surface area contributed by atoms with Gasteiger partial charge in [0.2, 0.25) is 5.79 Å². The number of ketones is 1. The summed E-state index contributed by atoms with van der Waals surface area (Å²) < 4.78 is 45.9. The maximum atomic E-state index is 14.7. The first kappa shape index (κ1) is 48.7. The average molecular weight is 869 g/mol. The molecule has 5 aliphatic heterocycles. The SMILES string of the molecule is CCC(C(=O)OCc1ccccc1)C1CCCC(C(C)C(O)C(C)C(=O)C(CC)C2OC3(C=CC(OC(C)=O)C4(CCC(C)(C5CCC(O)(CC)C(C)O5)O4)O3)C(C)CC2C)O1. The van der Waals surface area contributed by atoms with Crippen molar-refractivity contribution in [3.8, 4) is 0 Å². The highest BCUT2D eigenvalue weighted by atomic mass is 16.8. The molecule has 1 aromatic carbocycles. The van der Waals surface area contributed by atoms with Gasteiger partial charge in [-0.25, -0.2) is 0 Å². The van der Waals surface area contributed by atoms with E-state index in [1.807, 2.05) is 84.0 Å². The molecule has 17 unspecified atom stereocenters. The Kier molecular flexibility index (Phi) is 15.6. The Morgan fingerprint density at radius 1 is 0.903 bits per heavy atom. The lowest BCUT2D eigenvalue weighted by atomic mass is 9.73. The molecule has 6 rings (SSSR count). The molecule has 17 atom stereocenters. The van der Waals surface area contributed by atoms with Gasteiger partial charge in [0, 0.05) is 37.0 Å². The smallest absolute Gasteiger partial charge is 0.311 e. The Balaban J connectivity index is 1.15. The maximum Gasteiger partial charge on any atom is 0.311 e. The van der Waals surface area contributed by atoms with Crippen molar-refractivity contribution in [2.45, 2.75) is 212 Å². The van der Waals surface area contributed by atoms with E-state index in [1.165, 1.54) is 6.92 Å². The number of rotatable bonds is 15. The van der Waals surface area contributed by atoms with Crippen molar-refractivity contribution < 1.29 is 57.8 Å². The number of carbonyl (C=O) groups excluding carboxylic acids is 3. The van der Waals surface area contributed by atoms with Gasteiger partial charge in [-0.15, -0.1) is 0 Å². The van der Waals surface area contributed by atoms with E-state index in [-0.39, 0.29) is 60.5 Å². The lowest BCUT2D eigenvalue weighted by Gasteiger charge is -2.54. The van der Waals surface area contributed by atoms with E-state index in [1.54, 1.807) is 6.92 Å². The highest BCUT2D eigenvalue weighted by molar-refractivity contribution is 5.84. The first-order valence-corrected chi connectivity index (χ1v) is 23.7. The van der Waals surface area contributed by atoms with Crippen molar-refractivity contribution in [3.05, 3.63) is 48.0 Å². The molecule has 12 nitrogen and oxygen atoms in total. The summed E-state index contributed by atoms with van der Waals surface area (Å²) in [4.78, 5) is 40.4. The predicted octanol–water partition coefficient (Wildman–Crippen LogP) is 8.17. The fourth-order valence-electron chi connectivity index (χ4n) is 11.3. The van der Waals surface area contributed by atoms with Crippen molar-refractivity contribution in [2.24, 2.45) is 35.5 Å². The molecule has 0 bridgehead atoms. The highest BCUT2D eigenvalue weighted by Crippen LogP contribution is 2.54. The molecule has 348 valence electrons. The van der Waals surface area contributed by atoms with E-state index >= 15 is 0 Å². The largest absolute Gasteiger partial charge is 0.461 e. The van der Waals surface area contributed by atoms with E-state index in [0.29, 0.717) is 51.4 Å². The average Bonchev–Trinajstić information content (AvgIpc) is 3.60. The van der Waals surface area contributed by atoms with Gasteiger partial charge in [-0.05, 0) is 102 Å². The standard InChI is InChI=1S/C50H76O12/c1-11-37(46(54)56-29-36-18-15-14-16-19-36)40-21-17-20-39(59-40)32(6)43(52)33(7)44(53)38(12-2)45-30(4)28-31(5)49(60-45)25-23-42(58-35(9)51)50(62-49)27-26-47(10,61-50)41-22-24-48(55,13-3)34(8)57-41/h14-16,18-19,23,25,30-34,37-43,45,52,55H,11-13,17,20-22,24,26-29H2,1-10H3. The molecule has 4 saturated heterocycles. The van der Waals surface area contributed by atoms with E-state index in [2.05, 4.69) is 13.8 Å². The Morgan fingerprint density at radius 2 is 1.60 bits per heavy atom. The third-order valence-electron chi connectivity index (χ3n) is 15.5. The van der Waals surface area contributed by atoms with Crippen LogP contribution in [-0.4, -0.2) is 93.4 Å². The molecule has 0 saturated carbocycles. The van der Waals surface area contributed by atoms with Gasteiger partial charge in [0.05, 0.1) is 53.7 Å². The van der Waals surface area contributed by atoms with Crippen molar-refractivity contribution in [3.63, 3.8) is 0 Å². The molecule has 1 aromatic rings. The van der Waals surface area contributed by atoms with Gasteiger partial charge in [-0.2, -0.15) is 0 Å². The van der Waals surface area contributed by atoms with Crippen LogP contribution in [0.25, 0.3) is 0 Å². The van der Waals surface area contributed by atoms with Gasteiger partial charge in [0.25, 0.3) is 0 Å². The summed E-state index contributed by atoms with van der Waals surface area (Å²) in [5, 5.41) is 23.0. The van der Waals surface area contributed by atoms with Crippen molar-refractivity contribution >= 4 is 17.7 Å². The third kappa shape index (κ3) is 9.92. The zero-order valence-corrected chi connectivity index (χ0v) is 39.0. The number of esters is 2. The molecule has 0 aliphatic carbocycles. The number of Topliss-reactive ketones (excluding diaryl/α,β-unsaturated/α-hetero) is 1. The minimum absolute atomic E-state index is 0.00954. The summed E-state index contributed by atoms with van der Waals surface area (Å²) >= 11 is 0. The quantitative estimate of drug-likeness (QED) is 0.129. The molecule has 0 aromatic heterocycles. The van der Waals surface area contributed by atoms with Crippen LogP contribution in [0.1, 0.15) is 145 Å². The lowest BCUT2D eigenvalue weighted by molar-refractivity contribution is -0.409. The van der Waals surface area contributed by atoms with Gasteiger partial charge in [-0.3, -0.25) is 14.4 Å². The van der Waals surface area contributed by atoms with Gasteiger partial charge < -0.3 is 43.4 Å².